The van der Waals surface area contributed by atoms with Gasteiger partial charge in [-0.25, -0.2) is 0 Å². The van der Waals surface area contributed by atoms with E-state index in [1.54, 1.807) is 14.0 Å². The van der Waals surface area contributed by atoms with Crippen LogP contribution in [-0.4, -0.2) is 22.5 Å². The van der Waals surface area contributed by atoms with E-state index in [2.05, 4.69) is 27.2 Å². The zero-order valence-electron chi connectivity index (χ0n) is 12.6. The molecule has 0 bridgehead atoms. The number of nitrogens with zero attached hydrogens (tertiary/aromatic N) is 3. The largest absolute Gasteiger partial charge is 0.478 e. The summed E-state index contributed by atoms with van der Waals surface area (Å²) in [7, 11) is 1.57. The molecule has 0 radical (unpaired) electrons. The molecule has 1 aromatic carbocycles. The molecule has 6 nitrogen and oxygen atoms in total. The maximum absolute atomic E-state index is 5.31. The highest BCUT2D eigenvalue weighted by Crippen LogP contribution is 2.28. The summed E-state index contributed by atoms with van der Waals surface area (Å²) >= 11 is 0. The van der Waals surface area contributed by atoms with Gasteiger partial charge in [-0.05, 0) is 29.8 Å². The Hall–Kier alpha value is -2.81. The van der Waals surface area contributed by atoms with E-state index in [0.29, 0.717) is 30.5 Å². The molecule has 0 atom stereocenters. The Morgan fingerprint density at radius 2 is 2.09 bits per heavy atom. The van der Waals surface area contributed by atoms with Crippen LogP contribution in [0.1, 0.15) is 29.3 Å². The minimum Gasteiger partial charge on any atom is -0.478 e. The Labute approximate surface area is 127 Å². The van der Waals surface area contributed by atoms with E-state index in [9.17, 15) is 0 Å². The number of aromatic nitrogens is 3. The molecule has 2 aromatic heterocycles. The molecule has 0 spiro atoms. The van der Waals surface area contributed by atoms with Crippen molar-refractivity contribution in [1.29, 1.82) is 0 Å². The van der Waals surface area contributed by atoms with Crippen molar-refractivity contribution in [2.75, 3.05) is 7.11 Å². The highest BCUT2D eigenvalue weighted by atomic mass is 16.5. The molecule has 0 aliphatic rings. The van der Waals surface area contributed by atoms with E-state index in [0.717, 1.165) is 22.1 Å². The summed E-state index contributed by atoms with van der Waals surface area (Å²) in [5.74, 6) is 7.90. The maximum Gasteiger partial charge on any atom is 0.261 e. The zero-order chi connectivity index (χ0) is 15.5. The minimum atomic E-state index is 0.475. The van der Waals surface area contributed by atoms with Crippen molar-refractivity contribution in [1.82, 2.24) is 15.4 Å². The van der Waals surface area contributed by atoms with Gasteiger partial charge in [-0.3, -0.25) is 0 Å². The molecule has 0 aliphatic carbocycles. The summed E-state index contributed by atoms with van der Waals surface area (Å²) < 4.78 is 15.7. The van der Waals surface area contributed by atoms with Crippen molar-refractivity contribution in [3.05, 3.63) is 35.0 Å². The first-order chi connectivity index (χ1) is 10.7. The van der Waals surface area contributed by atoms with E-state index >= 15 is 0 Å². The number of methoxy groups -OCH3 is 1. The molecule has 3 rings (SSSR count). The van der Waals surface area contributed by atoms with Crippen LogP contribution in [0.3, 0.4) is 0 Å². The third-order valence-corrected chi connectivity index (χ3v) is 3.18. The monoisotopic (exact) mass is 297 g/mol. The fraction of sp³-hybridized carbons (Fsp3) is 0.312. The summed E-state index contributed by atoms with van der Waals surface area (Å²) in [5.41, 5.74) is 2.60. The summed E-state index contributed by atoms with van der Waals surface area (Å²) in [6.45, 7) is 3.73. The molecule has 6 heteroatoms. The Morgan fingerprint density at radius 1 is 1.23 bits per heavy atom. The van der Waals surface area contributed by atoms with Gasteiger partial charge in [0.05, 0.1) is 12.5 Å². The first kappa shape index (κ1) is 14.1. The average molecular weight is 297 g/mol. The summed E-state index contributed by atoms with van der Waals surface area (Å²) in [5, 5.41) is 12.4. The van der Waals surface area contributed by atoms with Crippen LogP contribution in [0.2, 0.25) is 0 Å². The fourth-order valence-electron chi connectivity index (χ4n) is 2.18. The average Bonchev–Trinajstić information content (AvgIpc) is 3.10. The van der Waals surface area contributed by atoms with Crippen LogP contribution in [0.25, 0.3) is 11.0 Å². The van der Waals surface area contributed by atoms with Crippen LogP contribution in [-0.2, 0) is 6.42 Å². The normalized spacial score (nSPS) is 10.5. The lowest BCUT2D eigenvalue weighted by atomic mass is 10.1. The van der Waals surface area contributed by atoms with Gasteiger partial charge >= 0.3 is 0 Å². The molecule has 0 aliphatic heterocycles. The number of aryl methyl sites for hydroxylation is 3. The van der Waals surface area contributed by atoms with Gasteiger partial charge in [0.2, 0.25) is 11.8 Å². The highest BCUT2D eigenvalue weighted by molar-refractivity contribution is 5.86. The summed E-state index contributed by atoms with van der Waals surface area (Å²) in [6.07, 6.45) is 1.30. The zero-order valence-corrected chi connectivity index (χ0v) is 12.6. The molecular formula is C16H15N3O3. The van der Waals surface area contributed by atoms with E-state index < -0.39 is 0 Å². The predicted octanol–water partition coefficient (Wildman–Crippen LogP) is 2.82. The van der Waals surface area contributed by atoms with Crippen LogP contribution in [0, 0.1) is 25.7 Å². The summed E-state index contributed by atoms with van der Waals surface area (Å²) in [4.78, 5) is 0. The van der Waals surface area contributed by atoms with E-state index in [4.69, 9.17) is 13.7 Å². The fourth-order valence-corrected chi connectivity index (χ4v) is 2.18. The quantitative estimate of drug-likeness (QED) is 0.692. The van der Waals surface area contributed by atoms with Gasteiger partial charge in [-0.1, -0.05) is 11.8 Å². The second-order valence-corrected chi connectivity index (χ2v) is 4.88. The van der Waals surface area contributed by atoms with Crippen molar-refractivity contribution in [2.45, 2.75) is 26.7 Å². The smallest absolute Gasteiger partial charge is 0.261 e. The summed E-state index contributed by atoms with van der Waals surface area (Å²) in [6, 6.07) is 3.89. The van der Waals surface area contributed by atoms with Crippen molar-refractivity contribution in [3.8, 4) is 17.7 Å². The van der Waals surface area contributed by atoms with Gasteiger partial charge in [0.1, 0.15) is 0 Å². The molecule has 0 saturated carbocycles. The number of ether oxygens (including phenoxy) is 1. The molecule has 2 heterocycles. The molecule has 0 saturated heterocycles. The van der Waals surface area contributed by atoms with Crippen molar-refractivity contribution in [3.63, 3.8) is 0 Å². The Bertz CT molecular complexity index is 868. The lowest BCUT2D eigenvalue weighted by Crippen LogP contribution is -1.85. The third kappa shape index (κ3) is 2.79. The predicted molar refractivity (Wildman–Crippen MR) is 79.5 cm³/mol. The number of rotatable bonds is 3. The molecule has 0 N–H and O–H groups in total. The van der Waals surface area contributed by atoms with E-state index in [1.165, 1.54) is 0 Å². The number of fused-ring (bicyclic) bond motifs is 1. The molecule has 3 aromatic rings. The second-order valence-electron chi connectivity index (χ2n) is 4.88. The first-order valence-corrected chi connectivity index (χ1v) is 6.89. The molecule has 0 unspecified atom stereocenters. The molecule has 0 fully saturated rings. The Balaban J connectivity index is 1.77. The SMILES string of the molecule is COc1noc2c(C)cc(C#CCCc3nnc(C)o3)cc12. The van der Waals surface area contributed by atoms with Crippen LogP contribution in [0.5, 0.6) is 5.88 Å². The number of hydrogen-bond acceptors (Lipinski definition) is 6. The van der Waals surface area contributed by atoms with Crippen molar-refractivity contribution >= 4 is 11.0 Å². The van der Waals surface area contributed by atoms with E-state index in [-0.39, 0.29) is 0 Å². The lowest BCUT2D eigenvalue weighted by molar-refractivity contribution is 0.350. The Morgan fingerprint density at radius 3 is 2.82 bits per heavy atom. The van der Waals surface area contributed by atoms with Gasteiger partial charge in [0, 0.05) is 25.3 Å². The van der Waals surface area contributed by atoms with Gasteiger partial charge in [0.25, 0.3) is 5.88 Å². The van der Waals surface area contributed by atoms with Crippen molar-refractivity contribution < 1.29 is 13.7 Å². The van der Waals surface area contributed by atoms with E-state index in [1.807, 2.05) is 19.1 Å². The van der Waals surface area contributed by atoms with Crippen LogP contribution in [0.4, 0.5) is 0 Å². The van der Waals surface area contributed by atoms with Gasteiger partial charge in [-0.15, -0.1) is 10.2 Å². The third-order valence-electron chi connectivity index (χ3n) is 3.18. The standard InChI is InChI=1S/C16H15N3O3/c1-10-8-12(9-13-15(10)22-19-16(13)20-3)6-4-5-7-14-18-17-11(2)21-14/h8-9H,5,7H2,1-3H3. The van der Waals surface area contributed by atoms with Gasteiger partial charge < -0.3 is 13.7 Å². The van der Waals surface area contributed by atoms with Crippen LogP contribution < -0.4 is 4.74 Å². The molecular weight excluding hydrogens is 282 g/mol. The number of benzene rings is 1. The maximum atomic E-state index is 5.31. The van der Waals surface area contributed by atoms with Gasteiger partial charge in [-0.2, -0.15) is 0 Å². The molecule has 22 heavy (non-hydrogen) atoms. The second kappa shape index (κ2) is 5.90. The van der Waals surface area contributed by atoms with Gasteiger partial charge in [0.15, 0.2) is 5.58 Å². The number of hydrogen-bond donors (Lipinski definition) is 0. The van der Waals surface area contributed by atoms with Crippen LogP contribution >= 0.6 is 0 Å². The van der Waals surface area contributed by atoms with Crippen molar-refractivity contribution in [2.24, 2.45) is 0 Å². The first-order valence-electron chi connectivity index (χ1n) is 6.89. The minimum absolute atomic E-state index is 0.475. The molecule has 0 amide bonds. The topological polar surface area (TPSA) is 74.2 Å². The highest BCUT2D eigenvalue weighted by Gasteiger charge is 2.11. The molecule has 112 valence electrons. The Kier molecular flexibility index (Phi) is 3.79. The van der Waals surface area contributed by atoms with Crippen LogP contribution in [0.15, 0.2) is 21.1 Å². The lowest BCUT2D eigenvalue weighted by Gasteiger charge is -1.97.